The van der Waals surface area contributed by atoms with Crippen LogP contribution < -0.4 is 5.73 Å². The number of nitrogens with two attached hydrogens (primary N) is 1. The molecule has 1 atom stereocenters. The van der Waals surface area contributed by atoms with Gasteiger partial charge in [0, 0.05) is 12.2 Å². The number of fused-ring (bicyclic) bond motifs is 1. The molecule has 1 aliphatic heterocycles. The van der Waals surface area contributed by atoms with Crippen LogP contribution in [-0.4, -0.2) is 27.4 Å². The molecule has 0 amide bonds. The van der Waals surface area contributed by atoms with E-state index in [1.54, 1.807) is 0 Å². The monoisotopic (exact) mass is 258 g/mol. The van der Waals surface area contributed by atoms with E-state index < -0.39 is 0 Å². The lowest BCUT2D eigenvalue weighted by Gasteiger charge is -2.34. The maximum atomic E-state index is 5.88. The summed E-state index contributed by atoms with van der Waals surface area (Å²) in [6.07, 6.45) is 5.76. The molecule has 1 fully saturated rings. The third-order valence-corrected chi connectivity index (χ3v) is 4.19. The number of pyridine rings is 1. The van der Waals surface area contributed by atoms with Gasteiger partial charge in [-0.2, -0.15) is 0 Å². The van der Waals surface area contributed by atoms with Crippen LogP contribution in [0.2, 0.25) is 0 Å². The average molecular weight is 258 g/mol. The Labute approximate surface area is 114 Å². The van der Waals surface area contributed by atoms with Crippen LogP contribution in [-0.2, 0) is 6.54 Å². The molecule has 4 nitrogen and oxygen atoms in total. The Morgan fingerprint density at radius 2 is 2.26 bits per heavy atom. The number of likely N-dealkylation sites (tertiary alicyclic amines) is 1. The highest BCUT2D eigenvalue weighted by molar-refractivity contribution is 5.48. The van der Waals surface area contributed by atoms with Gasteiger partial charge in [0.25, 0.3) is 0 Å². The minimum Gasteiger partial charge on any atom is -0.325 e. The summed E-state index contributed by atoms with van der Waals surface area (Å²) in [5, 5.41) is 0. The van der Waals surface area contributed by atoms with E-state index in [4.69, 9.17) is 10.7 Å². The first-order chi connectivity index (χ1) is 9.35. The molecule has 2 N–H and O–H groups in total. The summed E-state index contributed by atoms with van der Waals surface area (Å²) in [6.45, 7) is 5.06. The van der Waals surface area contributed by atoms with Gasteiger partial charge in [-0.3, -0.25) is 9.30 Å². The van der Waals surface area contributed by atoms with E-state index in [1.165, 1.54) is 25.8 Å². The van der Waals surface area contributed by atoms with E-state index in [-0.39, 0.29) is 0 Å². The zero-order valence-electron chi connectivity index (χ0n) is 11.5. The first-order valence-corrected chi connectivity index (χ1v) is 7.24. The van der Waals surface area contributed by atoms with Gasteiger partial charge in [0.2, 0.25) is 0 Å². The molecule has 1 saturated heterocycles. The van der Waals surface area contributed by atoms with Crippen LogP contribution in [0.5, 0.6) is 0 Å². The molecule has 1 aliphatic rings. The Hall–Kier alpha value is -1.39. The average Bonchev–Trinajstić information content (AvgIpc) is 2.91. The summed E-state index contributed by atoms with van der Waals surface area (Å²) in [5.41, 5.74) is 8.18. The van der Waals surface area contributed by atoms with Crippen LogP contribution in [0.25, 0.3) is 5.52 Å². The maximum Gasteiger partial charge on any atom is 0.130 e. The standard InChI is InChI=1S/C15H22N4/c1-2-18-9-4-3-8-14(18)15-17-11-13-7-5-6-12(10-16)19(13)15/h5-7,11,14H,2-4,8-10,16H2,1H3. The van der Waals surface area contributed by atoms with Crippen molar-refractivity contribution >= 4 is 5.52 Å². The molecular formula is C15H22N4. The zero-order valence-corrected chi connectivity index (χ0v) is 11.5. The first kappa shape index (κ1) is 12.6. The van der Waals surface area contributed by atoms with Gasteiger partial charge in [-0.25, -0.2) is 4.98 Å². The number of rotatable bonds is 3. The summed E-state index contributed by atoms with van der Waals surface area (Å²) in [4.78, 5) is 7.22. The zero-order chi connectivity index (χ0) is 13.2. The van der Waals surface area contributed by atoms with Crippen molar-refractivity contribution in [3.05, 3.63) is 35.9 Å². The van der Waals surface area contributed by atoms with Crippen LogP contribution in [0.1, 0.15) is 43.7 Å². The van der Waals surface area contributed by atoms with E-state index in [2.05, 4.69) is 34.4 Å². The summed E-state index contributed by atoms with van der Waals surface area (Å²) in [6, 6.07) is 6.70. The van der Waals surface area contributed by atoms with E-state index in [9.17, 15) is 0 Å². The van der Waals surface area contributed by atoms with Crippen LogP contribution in [0, 0.1) is 0 Å². The molecule has 19 heavy (non-hydrogen) atoms. The molecular weight excluding hydrogens is 236 g/mol. The van der Waals surface area contributed by atoms with E-state index >= 15 is 0 Å². The molecule has 0 radical (unpaired) electrons. The van der Waals surface area contributed by atoms with Crippen molar-refractivity contribution in [2.24, 2.45) is 5.73 Å². The maximum absolute atomic E-state index is 5.88. The quantitative estimate of drug-likeness (QED) is 0.919. The molecule has 0 bridgehead atoms. The Morgan fingerprint density at radius 1 is 1.37 bits per heavy atom. The third kappa shape index (κ3) is 2.15. The molecule has 0 aromatic carbocycles. The SMILES string of the molecule is CCN1CCCCC1c1ncc2cccc(CN)n12. The number of hydrogen-bond donors (Lipinski definition) is 1. The number of aromatic nitrogens is 2. The number of imidazole rings is 1. The molecule has 102 valence electrons. The number of nitrogens with zero attached hydrogens (tertiary/aromatic N) is 3. The van der Waals surface area contributed by atoms with E-state index in [1.807, 2.05) is 6.20 Å². The van der Waals surface area contributed by atoms with Gasteiger partial charge in [0.15, 0.2) is 0 Å². The Balaban J connectivity index is 2.08. The summed E-state index contributed by atoms with van der Waals surface area (Å²) >= 11 is 0. The van der Waals surface area contributed by atoms with Gasteiger partial charge >= 0.3 is 0 Å². The summed E-state index contributed by atoms with van der Waals surface area (Å²) in [5.74, 6) is 1.16. The third-order valence-electron chi connectivity index (χ3n) is 4.19. The highest BCUT2D eigenvalue weighted by atomic mass is 15.2. The second kappa shape index (κ2) is 5.31. The topological polar surface area (TPSA) is 46.6 Å². The highest BCUT2D eigenvalue weighted by Crippen LogP contribution is 2.30. The van der Waals surface area contributed by atoms with Crippen LogP contribution in [0.4, 0.5) is 0 Å². The minimum atomic E-state index is 0.439. The number of hydrogen-bond acceptors (Lipinski definition) is 3. The molecule has 1 unspecified atom stereocenters. The second-order valence-corrected chi connectivity index (χ2v) is 5.24. The van der Waals surface area contributed by atoms with E-state index in [0.29, 0.717) is 12.6 Å². The molecule has 4 heteroatoms. The predicted molar refractivity (Wildman–Crippen MR) is 76.9 cm³/mol. The van der Waals surface area contributed by atoms with Crippen molar-refractivity contribution in [1.29, 1.82) is 0 Å². The van der Waals surface area contributed by atoms with Gasteiger partial charge in [0.1, 0.15) is 5.82 Å². The second-order valence-electron chi connectivity index (χ2n) is 5.24. The largest absolute Gasteiger partial charge is 0.325 e. The van der Waals surface area contributed by atoms with Gasteiger partial charge in [-0.05, 0) is 38.1 Å². The van der Waals surface area contributed by atoms with Crippen molar-refractivity contribution < 1.29 is 0 Å². The summed E-state index contributed by atoms with van der Waals surface area (Å²) in [7, 11) is 0. The fourth-order valence-electron chi connectivity index (χ4n) is 3.20. The van der Waals surface area contributed by atoms with Crippen molar-refractivity contribution in [2.45, 2.75) is 38.8 Å². The molecule has 3 heterocycles. The van der Waals surface area contributed by atoms with Gasteiger partial charge in [-0.15, -0.1) is 0 Å². The van der Waals surface area contributed by atoms with Crippen molar-refractivity contribution in [1.82, 2.24) is 14.3 Å². The molecule has 2 aromatic heterocycles. The van der Waals surface area contributed by atoms with Crippen LogP contribution in [0.15, 0.2) is 24.4 Å². The molecule has 2 aromatic rings. The van der Waals surface area contributed by atoms with Crippen LogP contribution >= 0.6 is 0 Å². The minimum absolute atomic E-state index is 0.439. The number of piperidine rings is 1. The predicted octanol–water partition coefficient (Wildman–Crippen LogP) is 2.34. The van der Waals surface area contributed by atoms with Crippen molar-refractivity contribution in [3.8, 4) is 0 Å². The van der Waals surface area contributed by atoms with Crippen molar-refractivity contribution in [2.75, 3.05) is 13.1 Å². The normalized spacial score (nSPS) is 21.1. The molecule has 3 rings (SSSR count). The Bertz CT molecular complexity index is 560. The fraction of sp³-hybridized carbons (Fsp3) is 0.533. The smallest absolute Gasteiger partial charge is 0.130 e. The molecule has 0 saturated carbocycles. The van der Waals surface area contributed by atoms with Crippen molar-refractivity contribution in [3.63, 3.8) is 0 Å². The summed E-state index contributed by atoms with van der Waals surface area (Å²) < 4.78 is 2.25. The fourth-order valence-corrected chi connectivity index (χ4v) is 3.20. The van der Waals surface area contributed by atoms with E-state index in [0.717, 1.165) is 23.6 Å². The lowest BCUT2D eigenvalue weighted by Crippen LogP contribution is -2.34. The molecule has 0 aliphatic carbocycles. The Kier molecular flexibility index (Phi) is 3.53. The van der Waals surface area contributed by atoms with Gasteiger partial charge < -0.3 is 5.73 Å². The van der Waals surface area contributed by atoms with Gasteiger partial charge in [-0.1, -0.05) is 19.4 Å². The highest BCUT2D eigenvalue weighted by Gasteiger charge is 2.26. The lowest BCUT2D eigenvalue weighted by atomic mass is 10.0. The van der Waals surface area contributed by atoms with Crippen LogP contribution in [0.3, 0.4) is 0 Å². The first-order valence-electron chi connectivity index (χ1n) is 7.24. The van der Waals surface area contributed by atoms with Gasteiger partial charge in [0.05, 0.1) is 17.8 Å². The lowest BCUT2D eigenvalue weighted by molar-refractivity contribution is 0.149. The molecule has 0 spiro atoms. The Morgan fingerprint density at radius 3 is 3.05 bits per heavy atom.